The largest absolute Gasteiger partial charge is 0.480 e. The molecule has 4 rings (SSSR count). The first-order valence-electron chi connectivity index (χ1n) is 10.4. The molecular weight excluding hydrogens is 428 g/mol. The van der Waals surface area contributed by atoms with Gasteiger partial charge in [0, 0.05) is 36.3 Å². The Balaban J connectivity index is 1.33. The van der Waals surface area contributed by atoms with E-state index in [9.17, 15) is 9.59 Å². The van der Waals surface area contributed by atoms with Crippen molar-refractivity contribution in [3.05, 3.63) is 76.8 Å². The van der Waals surface area contributed by atoms with Crippen LogP contribution in [0.1, 0.15) is 33.6 Å². The van der Waals surface area contributed by atoms with Gasteiger partial charge in [-0.05, 0) is 43.2 Å². The van der Waals surface area contributed by atoms with Crippen molar-refractivity contribution < 1.29 is 14.3 Å². The van der Waals surface area contributed by atoms with Crippen molar-refractivity contribution >= 4 is 23.4 Å². The Morgan fingerprint density at radius 1 is 1.00 bits per heavy atom. The Morgan fingerprint density at radius 3 is 2.34 bits per heavy atom. The lowest BCUT2D eigenvalue weighted by atomic mass is 10.0. The SMILES string of the molecule is COc1ccc(-c2ccc(C(=O)N3CCC(NC(=O)c4ccccc4Cl)CC3)cc2)nn1. The average molecular weight is 451 g/mol. The van der Waals surface area contributed by atoms with Crippen molar-refractivity contribution in [3.63, 3.8) is 0 Å². The van der Waals surface area contributed by atoms with Gasteiger partial charge < -0.3 is 15.0 Å². The number of rotatable bonds is 5. The molecule has 1 saturated heterocycles. The van der Waals surface area contributed by atoms with Gasteiger partial charge in [-0.2, -0.15) is 0 Å². The standard InChI is InChI=1S/C24H23ClN4O3/c1-32-22-11-10-21(27-28-22)16-6-8-17(9-7-16)24(31)29-14-12-18(13-15-29)26-23(30)19-4-2-3-5-20(19)25/h2-11,18H,12-15H2,1H3,(H,26,30). The molecule has 1 N–H and O–H groups in total. The second-order valence-electron chi connectivity index (χ2n) is 7.56. The molecule has 0 bridgehead atoms. The zero-order chi connectivity index (χ0) is 22.5. The molecule has 0 spiro atoms. The molecular formula is C24H23ClN4O3. The van der Waals surface area contributed by atoms with Crippen LogP contribution in [0.25, 0.3) is 11.3 Å². The maximum Gasteiger partial charge on any atom is 0.253 e. The molecule has 2 amide bonds. The number of hydrogen-bond donors (Lipinski definition) is 1. The summed E-state index contributed by atoms with van der Waals surface area (Å²) >= 11 is 6.11. The van der Waals surface area contributed by atoms with Gasteiger partial charge in [-0.15, -0.1) is 10.2 Å². The molecule has 2 aromatic carbocycles. The summed E-state index contributed by atoms with van der Waals surface area (Å²) < 4.78 is 5.03. The third-order valence-corrected chi connectivity index (χ3v) is 5.84. The number of benzene rings is 2. The van der Waals surface area contributed by atoms with Crippen molar-refractivity contribution in [2.45, 2.75) is 18.9 Å². The zero-order valence-electron chi connectivity index (χ0n) is 17.6. The molecule has 0 saturated carbocycles. The van der Waals surface area contributed by atoms with Gasteiger partial charge in [-0.1, -0.05) is 35.9 Å². The Labute approximate surface area is 191 Å². The molecule has 1 aromatic heterocycles. The Hall–Kier alpha value is -3.45. The second-order valence-corrected chi connectivity index (χ2v) is 7.97. The summed E-state index contributed by atoms with van der Waals surface area (Å²) in [5.41, 5.74) is 2.67. The summed E-state index contributed by atoms with van der Waals surface area (Å²) in [5, 5.41) is 11.6. The van der Waals surface area contributed by atoms with Crippen LogP contribution in [0.4, 0.5) is 0 Å². The number of halogens is 1. The molecule has 0 aliphatic carbocycles. The van der Waals surface area contributed by atoms with Crippen molar-refractivity contribution in [1.29, 1.82) is 0 Å². The van der Waals surface area contributed by atoms with Crippen LogP contribution in [0.15, 0.2) is 60.7 Å². The van der Waals surface area contributed by atoms with Gasteiger partial charge in [-0.3, -0.25) is 9.59 Å². The number of piperidine rings is 1. The van der Waals surface area contributed by atoms with Crippen LogP contribution >= 0.6 is 11.6 Å². The van der Waals surface area contributed by atoms with E-state index in [1.165, 1.54) is 0 Å². The van der Waals surface area contributed by atoms with Gasteiger partial charge >= 0.3 is 0 Å². The lowest BCUT2D eigenvalue weighted by Gasteiger charge is -2.32. The third-order valence-electron chi connectivity index (χ3n) is 5.51. The van der Waals surface area contributed by atoms with Crippen LogP contribution in [0, 0.1) is 0 Å². The summed E-state index contributed by atoms with van der Waals surface area (Å²) in [6, 6.07) is 17.9. The third kappa shape index (κ3) is 4.89. The summed E-state index contributed by atoms with van der Waals surface area (Å²) in [7, 11) is 1.54. The number of aromatic nitrogens is 2. The fourth-order valence-electron chi connectivity index (χ4n) is 3.68. The molecule has 32 heavy (non-hydrogen) atoms. The topological polar surface area (TPSA) is 84.4 Å². The number of likely N-dealkylation sites (tertiary alicyclic amines) is 1. The average Bonchev–Trinajstić information content (AvgIpc) is 2.84. The van der Waals surface area contributed by atoms with Gasteiger partial charge in [0.05, 0.1) is 23.4 Å². The van der Waals surface area contributed by atoms with Gasteiger partial charge in [0.1, 0.15) is 0 Å². The molecule has 1 fully saturated rings. The smallest absolute Gasteiger partial charge is 0.253 e. The summed E-state index contributed by atoms with van der Waals surface area (Å²) in [4.78, 5) is 27.2. The Kier molecular flexibility index (Phi) is 6.66. The van der Waals surface area contributed by atoms with E-state index in [1.807, 2.05) is 23.1 Å². The van der Waals surface area contributed by atoms with Crippen molar-refractivity contribution in [2.24, 2.45) is 0 Å². The predicted molar refractivity (Wildman–Crippen MR) is 122 cm³/mol. The number of nitrogens with zero attached hydrogens (tertiary/aromatic N) is 3. The summed E-state index contributed by atoms with van der Waals surface area (Å²) in [6.45, 7) is 1.16. The van der Waals surface area contributed by atoms with Crippen LogP contribution in [-0.4, -0.2) is 53.2 Å². The molecule has 0 atom stereocenters. The number of amides is 2. The number of carbonyl (C=O) groups excluding carboxylic acids is 2. The van der Waals surface area contributed by atoms with E-state index >= 15 is 0 Å². The van der Waals surface area contributed by atoms with Crippen LogP contribution in [0.2, 0.25) is 5.02 Å². The molecule has 1 aliphatic heterocycles. The van der Waals surface area contributed by atoms with Gasteiger partial charge in [-0.25, -0.2) is 0 Å². The lowest BCUT2D eigenvalue weighted by molar-refractivity contribution is 0.0698. The van der Waals surface area contributed by atoms with E-state index in [4.69, 9.17) is 16.3 Å². The quantitative estimate of drug-likeness (QED) is 0.638. The molecule has 3 aromatic rings. The highest BCUT2D eigenvalue weighted by Gasteiger charge is 2.25. The van der Waals surface area contributed by atoms with E-state index in [0.29, 0.717) is 53.7 Å². The zero-order valence-corrected chi connectivity index (χ0v) is 18.4. The van der Waals surface area contributed by atoms with Crippen molar-refractivity contribution in [3.8, 4) is 17.1 Å². The van der Waals surface area contributed by atoms with Crippen LogP contribution < -0.4 is 10.1 Å². The molecule has 0 unspecified atom stereocenters. The van der Waals surface area contributed by atoms with Crippen LogP contribution in [-0.2, 0) is 0 Å². The Morgan fingerprint density at radius 2 is 1.72 bits per heavy atom. The minimum Gasteiger partial charge on any atom is -0.480 e. The molecule has 8 heteroatoms. The number of nitrogens with one attached hydrogen (secondary N) is 1. The number of carbonyl (C=O) groups is 2. The normalized spacial score (nSPS) is 14.1. The molecule has 2 heterocycles. The van der Waals surface area contributed by atoms with E-state index in [-0.39, 0.29) is 17.9 Å². The second kappa shape index (κ2) is 9.78. The number of hydrogen-bond acceptors (Lipinski definition) is 5. The maximum atomic E-state index is 12.9. The van der Waals surface area contributed by atoms with Crippen molar-refractivity contribution in [1.82, 2.24) is 20.4 Å². The minimum atomic E-state index is -0.183. The number of methoxy groups -OCH3 is 1. The Bertz CT molecular complexity index is 1090. The fourth-order valence-corrected chi connectivity index (χ4v) is 3.91. The first kappa shape index (κ1) is 21.8. The first-order chi connectivity index (χ1) is 15.5. The summed E-state index contributed by atoms with van der Waals surface area (Å²) in [6.07, 6.45) is 1.39. The first-order valence-corrected chi connectivity index (χ1v) is 10.8. The predicted octanol–water partition coefficient (Wildman–Crippen LogP) is 3.84. The minimum absolute atomic E-state index is 0.0128. The van der Waals surface area contributed by atoms with E-state index in [1.54, 1.807) is 49.6 Å². The molecule has 7 nitrogen and oxygen atoms in total. The highest BCUT2D eigenvalue weighted by molar-refractivity contribution is 6.33. The lowest BCUT2D eigenvalue weighted by Crippen LogP contribution is -2.46. The molecule has 164 valence electrons. The maximum absolute atomic E-state index is 12.9. The van der Waals surface area contributed by atoms with Gasteiger partial charge in [0.25, 0.3) is 11.8 Å². The molecule has 0 radical (unpaired) electrons. The molecule has 1 aliphatic rings. The van der Waals surface area contributed by atoms with Crippen LogP contribution in [0.5, 0.6) is 5.88 Å². The summed E-state index contributed by atoms with van der Waals surface area (Å²) in [5.74, 6) is 0.248. The van der Waals surface area contributed by atoms with Crippen LogP contribution in [0.3, 0.4) is 0 Å². The van der Waals surface area contributed by atoms with Gasteiger partial charge in [0.2, 0.25) is 5.88 Å². The van der Waals surface area contributed by atoms with Gasteiger partial charge in [0.15, 0.2) is 0 Å². The van der Waals surface area contributed by atoms with E-state index < -0.39 is 0 Å². The van der Waals surface area contributed by atoms with E-state index in [0.717, 1.165) is 5.56 Å². The highest BCUT2D eigenvalue weighted by atomic mass is 35.5. The fraction of sp³-hybridized carbons (Fsp3) is 0.250. The van der Waals surface area contributed by atoms with Crippen molar-refractivity contribution in [2.75, 3.05) is 20.2 Å². The van der Waals surface area contributed by atoms with E-state index in [2.05, 4.69) is 15.5 Å². The number of ether oxygens (including phenoxy) is 1. The highest BCUT2D eigenvalue weighted by Crippen LogP contribution is 2.21. The monoisotopic (exact) mass is 450 g/mol.